The molecule has 0 aromatic carbocycles. The average molecular weight is 263 g/mol. The number of hydrogen-bond donors (Lipinski definition) is 3. The highest BCUT2D eigenvalue weighted by atomic mass is 16.1. The van der Waals surface area contributed by atoms with Crippen LogP contribution in [0.1, 0.15) is 38.4 Å². The standard InChI is InChI=1S/C13H21N5O/c1-3-14-11-8-12(16-7-6-15-9(2)19)18-13(17-11)10-4-5-10/h8,10H,3-7H2,1-2H3,(H,15,19)(H2,14,16,17,18). The van der Waals surface area contributed by atoms with Crippen LogP contribution in [0.15, 0.2) is 6.07 Å². The number of carbonyl (C=O) groups excluding carboxylic acids is 1. The molecule has 3 N–H and O–H groups in total. The van der Waals surface area contributed by atoms with Gasteiger partial charge in [-0.25, -0.2) is 9.97 Å². The number of rotatable bonds is 7. The SMILES string of the molecule is CCNc1cc(NCCNC(C)=O)nc(C2CC2)n1. The highest BCUT2D eigenvalue weighted by Crippen LogP contribution is 2.38. The van der Waals surface area contributed by atoms with Crippen molar-refractivity contribution < 1.29 is 4.79 Å². The third-order valence-corrected chi connectivity index (χ3v) is 2.85. The Morgan fingerprint density at radius 2 is 1.95 bits per heavy atom. The smallest absolute Gasteiger partial charge is 0.216 e. The number of amides is 1. The van der Waals surface area contributed by atoms with Gasteiger partial charge in [-0.15, -0.1) is 0 Å². The maximum atomic E-state index is 10.8. The third kappa shape index (κ3) is 4.39. The maximum absolute atomic E-state index is 10.8. The first-order chi connectivity index (χ1) is 9.19. The minimum atomic E-state index is -0.0171. The van der Waals surface area contributed by atoms with Gasteiger partial charge >= 0.3 is 0 Å². The van der Waals surface area contributed by atoms with Crippen molar-refractivity contribution in [3.8, 4) is 0 Å². The Hall–Kier alpha value is -1.85. The Kier molecular flexibility index (Phi) is 4.54. The number of nitrogens with zero attached hydrogens (tertiary/aromatic N) is 2. The molecule has 0 radical (unpaired) electrons. The molecule has 2 rings (SSSR count). The van der Waals surface area contributed by atoms with Crippen LogP contribution in [-0.2, 0) is 4.79 Å². The van der Waals surface area contributed by atoms with E-state index in [1.807, 2.05) is 13.0 Å². The number of aromatic nitrogens is 2. The minimum absolute atomic E-state index is 0.0171. The molecule has 0 aliphatic heterocycles. The Bertz CT molecular complexity index is 445. The molecule has 1 aliphatic rings. The van der Waals surface area contributed by atoms with Gasteiger partial charge < -0.3 is 16.0 Å². The number of nitrogens with one attached hydrogen (secondary N) is 3. The molecule has 1 aliphatic carbocycles. The third-order valence-electron chi connectivity index (χ3n) is 2.85. The van der Waals surface area contributed by atoms with Crippen LogP contribution < -0.4 is 16.0 Å². The van der Waals surface area contributed by atoms with E-state index in [2.05, 4.69) is 25.9 Å². The van der Waals surface area contributed by atoms with E-state index in [1.165, 1.54) is 19.8 Å². The zero-order valence-corrected chi connectivity index (χ0v) is 11.5. The van der Waals surface area contributed by atoms with Gasteiger partial charge in [0.25, 0.3) is 0 Å². The van der Waals surface area contributed by atoms with Gasteiger partial charge in [-0.3, -0.25) is 4.79 Å². The normalized spacial score (nSPS) is 14.0. The Balaban J connectivity index is 1.95. The molecule has 1 saturated carbocycles. The number of anilines is 2. The van der Waals surface area contributed by atoms with E-state index in [0.717, 1.165) is 24.0 Å². The topological polar surface area (TPSA) is 78.9 Å². The fourth-order valence-corrected chi connectivity index (χ4v) is 1.78. The molecule has 1 heterocycles. The predicted octanol–water partition coefficient (Wildman–Crippen LogP) is 1.33. The Labute approximate surface area is 113 Å². The zero-order valence-electron chi connectivity index (χ0n) is 11.5. The van der Waals surface area contributed by atoms with E-state index < -0.39 is 0 Å². The molecule has 1 aromatic rings. The van der Waals surface area contributed by atoms with Crippen molar-refractivity contribution in [3.63, 3.8) is 0 Å². The summed E-state index contributed by atoms with van der Waals surface area (Å²) in [6, 6.07) is 1.91. The molecule has 0 spiro atoms. The first kappa shape index (κ1) is 13.6. The van der Waals surface area contributed by atoms with Gasteiger partial charge in [-0.05, 0) is 19.8 Å². The molecule has 1 fully saturated rings. The molecule has 0 saturated heterocycles. The second-order valence-electron chi connectivity index (χ2n) is 4.71. The van der Waals surface area contributed by atoms with Gasteiger partial charge in [-0.2, -0.15) is 0 Å². The summed E-state index contributed by atoms with van der Waals surface area (Å²) in [5.41, 5.74) is 0. The molecule has 104 valence electrons. The van der Waals surface area contributed by atoms with E-state index in [-0.39, 0.29) is 5.91 Å². The maximum Gasteiger partial charge on any atom is 0.216 e. The fraction of sp³-hybridized carbons (Fsp3) is 0.615. The van der Waals surface area contributed by atoms with Crippen molar-refractivity contribution in [2.24, 2.45) is 0 Å². The Morgan fingerprint density at radius 3 is 2.53 bits per heavy atom. The van der Waals surface area contributed by atoms with Gasteiger partial charge in [0.15, 0.2) is 0 Å². The monoisotopic (exact) mass is 263 g/mol. The first-order valence-electron chi connectivity index (χ1n) is 6.80. The van der Waals surface area contributed by atoms with Crippen LogP contribution in [0.2, 0.25) is 0 Å². The second kappa shape index (κ2) is 6.36. The van der Waals surface area contributed by atoms with E-state index >= 15 is 0 Å². The molecular formula is C13H21N5O. The predicted molar refractivity (Wildman–Crippen MR) is 75.3 cm³/mol. The lowest BCUT2D eigenvalue weighted by molar-refractivity contribution is -0.118. The first-order valence-corrected chi connectivity index (χ1v) is 6.80. The van der Waals surface area contributed by atoms with Crippen molar-refractivity contribution >= 4 is 17.5 Å². The van der Waals surface area contributed by atoms with Crippen LogP contribution in [0, 0.1) is 0 Å². The van der Waals surface area contributed by atoms with Crippen molar-refractivity contribution in [3.05, 3.63) is 11.9 Å². The van der Waals surface area contributed by atoms with Gasteiger partial charge in [0.05, 0.1) is 0 Å². The van der Waals surface area contributed by atoms with Crippen LogP contribution in [0.4, 0.5) is 11.6 Å². The molecule has 1 aromatic heterocycles. The molecule has 6 heteroatoms. The van der Waals surface area contributed by atoms with Gasteiger partial charge in [-0.1, -0.05) is 0 Å². The molecular weight excluding hydrogens is 242 g/mol. The molecule has 19 heavy (non-hydrogen) atoms. The number of hydrogen-bond acceptors (Lipinski definition) is 5. The van der Waals surface area contributed by atoms with E-state index in [4.69, 9.17) is 0 Å². The summed E-state index contributed by atoms with van der Waals surface area (Å²) in [5, 5.41) is 9.18. The molecule has 6 nitrogen and oxygen atoms in total. The summed E-state index contributed by atoms with van der Waals surface area (Å²) in [7, 11) is 0. The summed E-state index contributed by atoms with van der Waals surface area (Å²) in [5.74, 6) is 3.10. The van der Waals surface area contributed by atoms with Crippen LogP contribution in [-0.4, -0.2) is 35.5 Å². The van der Waals surface area contributed by atoms with E-state index in [0.29, 0.717) is 19.0 Å². The lowest BCUT2D eigenvalue weighted by Crippen LogP contribution is -2.26. The van der Waals surface area contributed by atoms with Crippen molar-refractivity contribution in [1.82, 2.24) is 15.3 Å². The van der Waals surface area contributed by atoms with E-state index in [9.17, 15) is 4.79 Å². The Morgan fingerprint density at radius 1 is 1.26 bits per heavy atom. The summed E-state index contributed by atoms with van der Waals surface area (Å²) < 4.78 is 0. The highest BCUT2D eigenvalue weighted by Gasteiger charge is 2.27. The fourth-order valence-electron chi connectivity index (χ4n) is 1.78. The largest absolute Gasteiger partial charge is 0.370 e. The van der Waals surface area contributed by atoms with Crippen molar-refractivity contribution in [2.45, 2.75) is 32.6 Å². The summed E-state index contributed by atoms with van der Waals surface area (Å²) in [6.07, 6.45) is 2.36. The number of carbonyl (C=O) groups is 1. The lowest BCUT2D eigenvalue weighted by Gasteiger charge is -2.10. The summed E-state index contributed by atoms with van der Waals surface area (Å²) in [4.78, 5) is 19.8. The minimum Gasteiger partial charge on any atom is -0.370 e. The second-order valence-corrected chi connectivity index (χ2v) is 4.71. The zero-order chi connectivity index (χ0) is 13.7. The van der Waals surface area contributed by atoms with Gasteiger partial charge in [0.1, 0.15) is 17.5 Å². The summed E-state index contributed by atoms with van der Waals surface area (Å²) >= 11 is 0. The average Bonchev–Trinajstić information content (AvgIpc) is 3.19. The van der Waals surface area contributed by atoms with Gasteiger partial charge in [0, 0.05) is 38.5 Å². The van der Waals surface area contributed by atoms with Crippen LogP contribution in [0.3, 0.4) is 0 Å². The van der Waals surface area contributed by atoms with Crippen LogP contribution >= 0.6 is 0 Å². The van der Waals surface area contributed by atoms with Crippen molar-refractivity contribution in [2.75, 3.05) is 30.3 Å². The van der Waals surface area contributed by atoms with Crippen LogP contribution in [0.5, 0.6) is 0 Å². The lowest BCUT2D eigenvalue weighted by atomic mass is 10.3. The quantitative estimate of drug-likeness (QED) is 0.647. The molecule has 0 unspecified atom stereocenters. The molecule has 1 amide bonds. The van der Waals surface area contributed by atoms with E-state index in [1.54, 1.807) is 0 Å². The summed E-state index contributed by atoms with van der Waals surface area (Å²) in [6.45, 7) is 5.65. The molecule has 0 atom stereocenters. The highest BCUT2D eigenvalue weighted by molar-refractivity contribution is 5.72. The van der Waals surface area contributed by atoms with Crippen LogP contribution in [0.25, 0.3) is 0 Å². The van der Waals surface area contributed by atoms with Gasteiger partial charge in [0.2, 0.25) is 5.91 Å². The van der Waals surface area contributed by atoms with Crippen molar-refractivity contribution in [1.29, 1.82) is 0 Å². The molecule has 0 bridgehead atoms.